The first kappa shape index (κ1) is 20.9. The third kappa shape index (κ3) is 4.43. The number of methoxy groups -OCH3 is 1. The molecule has 1 unspecified atom stereocenters. The quantitative estimate of drug-likeness (QED) is 0.744. The van der Waals surface area contributed by atoms with Crippen molar-refractivity contribution in [2.45, 2.75) is 39.2 Å². The second-order valence-electron chi connectivity index (χ2n) is 7.70. The highest BCUT2D eigenvalue weighted by molar-refractivity contribution is 5.77. The van der Waals surface area contributed by atoms with Crippen molar-refractivity contribution >= 4 is 11.7 Å². The van der Waals surface area contributed by atoms with E-state index in [4.69, 9.17) is 14.1 Å². The number of rotatable bonds is 6. The lowest BCUT2D eigenvalue weighted by atomic mass is 9.97. The number of piperazine rings is 1. The average Bonchev–Trinajstić information content (AvgIpc) is 3.25. The minimum atomic E-state index is 0.0394. The zero-order chi connectivity index (χ0) is 21.0. The summed E-state index contributed by atoms with van der Waals surface area (Å²) in [4.78, 5) is 21.3. The van der Waals surface area contributed by atoms with Crippen molar-refractivity contribution in [1.82, 2.24) is 9.88 Å². The van der Waals surface area contributed by atoms with Crippen molar-refractivity contribution in [1.29, 1.82) is 5.26 Å². The number of carbonyl (C=O) groups excluding carboxylic acids is 1. The fourth-order valence-electron chi connectivity index (χ4n) is 3.78. The second kappa shape index (κ2) is 9.10. The number of pyridine rings is 1. The van der Waals surface area contributed by atoms with E-state index in [1.54, 1.807) is 19.6 Å². The number of hydrogen-bond donors (Lipinski definition) is 0. The number of amides is 1. The van der Waals surface area contributed by atoms with Crippen LogP contribution in [-0.4, -0.2) is 55.2 Å². The van der Waals surface area contributed by atoms with Crippen LogP contribution in [0.2, 0.25) is 0 Å². The Kier molecular flexibility index (Phi) is 6.55. The third-order valence-electron chi connectivity index (χ3n) is 5.30. The van der Waals surface area contributed by atoms with Crippen LogP contribution >= 0.6 is 0 Å². The van der Waals surface area contributed by atoms with E-state index in [9.17, 15) is 10.1 Å². The van der Waals surface area contributed by atoms with Crippen LogP contribution in [0.25, 0.3) is 11.1 Å². The molecule has 1 aliphatic heterocycles. The van der Waals surface area contributed by atoms with Crippen LogP contribution in [0.1, 0.15) is 44.4 Å². The van der Waals surface area contributed by atoms with Gasteiger partial charge in [-0.2, -0.15) is 5.26 Å². The molecule has 1 fully saturated rings. The Morgan fingerprint density at radius 1 is 1.45 bits per heavy atom. The summed E-state index contributed by atoms with van der Waals surface area (Å²) in [5, 5.41) is 9.79. The van der Waals surface area contributed by atoms with Crippen LogP contribution < -0.4 is 4.90 Å². The molecule has 7 heteroatoms. The second-order valence-corrected chi connectivity index (χ2v) is 7.70. The van der Waals surface area contributed by atoms with Gasteiger partial charge in [0.05, 0.1) is 36.8 Å². The molecule has 1 atom stereocenters. The normalized spacial score (nSPS) is 16.9. The summed E-state index contributed by atoms with van der Waals surface area (Å²) in [5.41, 5.74) is 3.32. The maximum atomic E-state index is 12.4. The van der Waals surface area contributed by atoms with E-state index >= 15 is 0 Å². The van der Waals surface area contributed by atoms with Gasteiger partial charge in [0, 0.05) is 43.9 Å². The zero-order valence-electron chi connectivity index (χ0n) is 17.5. The first-order chi connectivity index (χ1) is 14.0. The number of nitrogens with zero attached hydrogens (tertiary/aromatic N) is 4. The van der Waals surface area contributed by atoms with E-state index in [0.29, 0.717) is 44.0 Å². The lowest BCUT2D eigenvalue weighted by Gasteiger charge is -2.41. The molecule has 7 nitrogen and oxygen atoms in total. The molecule has 0 bridgehead atoms. The van der Waals surface area contributed by atoms with Gasteiger partial charge in [0.1, 0.15) is 11.9 Å². The highest BCUT2D eigenvalue weighted by atomic mass is 16.5. The van der Waals surface area contributed by atoms with Gasteiger partial charge in [-0.15, -0.1) is 0 Å². The Morgan fingerprint density at radius 2 is 2.24 bits per heavy atom. The highest BCUT2D eigenvalue weighted by Gasteiger charge is 2.29. The highest BCUT2D eigenvalue weighted by Crippen LogP contribution is 2.33. The molecule has 0 N–H and O–H groups in total. The van der Waals surface area contributed by atoms with Gasteiger partial charge in [0.15, 0.2) is 0 Å². The van der Waals surface area contributed by atoms with Crippen LogP contribution in [0, 0.1) is 11.3 Å². The molecule has 0 spiro atoms. The molecule has 0 saturated carbocycles. The van der Waals surface area contributed by atoms with Gasteiger partial charge < -0.3 is 19.0 Å². The molecular formula is C22H28N4O3. The summed E-state index contributed by atoms with van der Waals surface area (Å²) < 4.78 is 10.3. The largest absolute Gasteiger partial charge is 0.472 e. The Morgan fingerprint density at radius 3 is 2.83 bits per heavy atom. The van der Waals surface area contributed by atoms with Crippen LogP contribution in [-0.2, 0) is 9.53 Å². The van der Waals surface area contributed by atoms with Gasteiger partial charge >= 0.3 is 0 Å². The SMILES string of the molecule is COCCC(=O)N1CCN(c2nc(C(C)C)c(-c3ccoc3)cc2C#N)CC1C. The standard InChI is InChI=1S/C22H28N4O3/c1-15(2)21-19(17-5-10-29-14-17)11-18(12-23)22(24-21)25-7-8-26(16(3)13-25)20(27)6-9-28-4/h5,10-11,14-16H,6-9,13H2,1-4H3. The van der Waals surface area contributed by atoms with Gasteiger partial charge in [-0.1, -0.05) is 13.8 Å². The lowest BCUT2D eigenvalue weighted by Crippen LogP contribution is -2.54. The molecule has 2 aromatic rings. The van der Waals surface area contributed by atoms with Gasteiger partial charge in [0.25, 0.3) is 0 Å². The predicted octanol–water partition coefficient (Wildman–Crippen LogP) is 3.41. The van der Waals surface area contributed by atoms with E-state index in [0.717, 1.165) is 16.8 Å². The van der Waals surface area contributed by atoms with Crippen molar-refractivity contribution in [3.8, 4) is 17.2 Å². The maximum Gasteiger partial charge on any atom is 0.225 e. The summed E-state index contributed by atoms with van der Waals surface area (Å²) >= 11 is 0. The molecule has 1 amide bonds. The number of hydrogen-bond acceptors (Lipinski definition) is 6. The van der Waals surface area contributed by atoms with E-state index in [2.05, 4.69) is 24.8 Å². The maximum absolute atomic E-state index is 12.4. The predicted molar refractivity (Wildman–Crippen MR) is 111 cm³/mol. The fraction of sp³-hybridized carbons (Fsp3) is 0.500. The Balaban J connectivity index is 1.89. The van der Waals surface area contributed by atoms with Crippen molar-refractivity contribution in [2.75, 3.05) is 38.3 Å². The van der Waals surface area contributed by atoms with Crippen LogP contribution in [0.15, 0.2) is 29.1 Å². The van der Waals surface area contributed by atoms with Crippen LogP contribution in [0.5, 0.6) is 0 Å². The summed E-state index contributed by atoms with van der Waals surface area (Å²) in [7, 11) is 1.60. The average molecular weight is 396 g/mol. The van der Waals surface area contributed by atoms with Crippen LogP contribution in [0.4, 0.5) is 5.82 Å². The summed E-state index contributed by atoms with van der Waals surface area (Å²) in [6.07, 6.45) is 3.69. The molecule has 1 aliphatic rings. The first-order valence-electron chi connectivity index (χ1n) is 9.97. The number of nitriles is 1. The molecule has 154 valence electrons. The van der Waals surface area contributed by atoms with Crippen LogP contribution in [0.3, 0.4) is 0 Å². The zero-order valence-corrected chi connectivity index (χ0v) is 17.5. The molecule has 0 aromatic carbocycles. The third-order valence-corrected chi connectivity index (χ3v) is 5.30. The molecule has 0 radical (unpaired) electrons. The first-order valence-corrected chi connectivity index (χ1v) is 9.97. The number of carbonyl (C=O) groups is 1. The van der Waals surface area contributed by atoms with Gasteiger partial charge in [0.2, 0.25) is 5.91 Å². The minimum Gasteiger partial charge on any atom is -0.472 e. The van der Waals surface area contributed by atoms with E-state index in [-0.39, 0.29) is 17.9 Å². The molecule has 2 aromatic heterocycles. The number of furan rings is 1. The van der Waals surface area contributed by atoms with E-state index in [1.165, 1.54) is 0 Å². The summed E-state index contributed by atoms with van der Waals surface area (Å²) in [5.74, 6) is 0.991. The van der Waals surface area contributed by atoms with Gasteiger partial charge in [-0.25, -0.2) is 4.98 Å². The topological polar surface area (TPSA) is 82.6 Å². The van der Waals surface area contributed by atoms with Crippen molar-refractivity contribution in [3.05, 3.63) is 35.9 Å². The summed E-state index contributed by atoms with van der Waals surface area (Å²) in [6.45, 7) is 8.55. The number of aromatic nitrogens is 1. The molecule has 0 aliphatic carbocycles. The smallest absolute Gasteiger partial charge is 0.225 e. The molecule has 1 saturated heterocycles. The van der Waals surface area contributed by atoms with Crippen molar-refractivity contribution in [3.63, 3.8) is 0 Å². The van der Waals surface area contributed by atoms with E-state index < -0.39 is 0 Å². The molecule has 29 heavy (non-hydrogen) atoms. The molecular weight excluding hydrogens is 368 g/mol. The molecule has 3 heterocycles. The van der Waals surface area contributed by atoms with Crippen molar-refractivity contribution in [2.24, 2.45) is 0 Å². The van der Waals surface area contributed by atoms with Gasteiger partial charge in [-0.3, -0.25) is 4.79 Å². The van der Waals surface area contributed by atoms with E-state index in [1.807, 2.05) is 24.0 Å². The monoisotopic (exact) mass is 396 g/mol. The fourth-order valence-corrected chi connectivity index (χ4v) is 3.78. The number of anilines is 1. The molecule has 3 rings (SSSR count). The summed E-state index contributed by atoms with van der Waals surface area (Å²) in [6, 6.07) is 6.14. The Labute approximate surface area is 171 Å². The van der Waals surface area contributed by atoms with Gasteiger partial charge in [-0.05, 0) is 25.0 Å². The Bertz CT molecular complexity index is 886. The van der Waals surface area contributed by atoms with Crippen molar-refractivity contribution < 1.29 is 13.9 Å². The number of ether oxygens (including phenoxy) is 1. The minimum absolute atomic E-state index is 0.0394. The lowest BCUT2D eigenvalue weighted by molar-refractivity contribution is -0.134. The Hall–Kier alpha value is -2.85.